The Balaban J connectivity index is 1.69. The molecule has 0 radical (unpaired) electrons. The molecule has 1 aliphatic rings. The van der Waals surface area contributed by atoms with Gasteiger partial charge in [-0.05, 0) is 42.0 Å². The van der Waals surface area contributed by atoms with Crippen molar-refractivity contribution in [1.29, 1.82) is 0 Å². The fraction of sp³-hybridized carbons (Fsp3) is 0.276. The third-order valence-electron chi connectivity index (χ3n) is 6.31. The predicted molar refractivity (Wildman–Crippen MR) is 131 cm³/mol. The molecule has 0 aliphatic heterocycles. The number of carbonyl (C=O) groups is 1. The number of hydrogen-bond acceptors (Lipinski definition) is 2. The van der Waals surface area contributed by atoms with E-state index in [9.17, 15) is 4.79 Å². The van der Waals surface area contributed by atoms with Crippen molar-refractivity contribution in [2.75, 3.05) is 4.90 Å². The van der Waals surface area contributed by atoms with E-state index in [-0.39, 0.29) is 24.7 Å². The molecular formula is C29H31NO2. The number of anilines is 1. The summed E-state index contributed by atoms with van der Waals surface area (Å²) in [5, 5.41) is 0. The maximum absolute atomic E-state index is 13.6. The van der Waals surface area contributed by atoms with Crippen molar-refractivity contribution >= 4 is 11.8 Å². The number of rotatable bonds is 7. The van der Waals surface area contributed by atoms with E-state index in [4.69, 9.17) is 4.74 Å². The summed E-state index contributed by atoms with van der Waals surface area (Å²) in [6.45, 7) is 4.18. The van der Waals surface area contributed by atoms with Crippen LogP contribution in [-0.4, -0.2) is 12.1 Å². The number of hydrogen-bond donors (Lipinski definition) is 0. The Labute approximate surface area is 191 Å². The van der Waals surface area contributed by atoms with E-state index in [2.05, 4.69) is 36.9 Å². The summed E-state index contributed by atoms with van der Waals surface area (Å²) in [7, 11) is 0. The lowest BCUT2D eigenvalue weighted by molar-refractivity contribution is 0.141. The molecule has 1 amide bonds. The monoisotopic (exact) mass is 425 g/mol. The van der Waals surface area contributed by atoms with Crippen molar-refractivity contribution in [3.63, 3.8) is 0 Å². The summed E-state index contributed by atoms with van der Waals surface area (Å²) < 4.78 is 5.88. The van der Waals surface area contributed by atoms with Crippen LogP contribution in [0.25, 0.3) is 0 Å². The van der Waals surface area contributed by atoms with Gasteiger partial charge in [0.15, 0.2) is 0 Å². The van der Waals surface area contributed by atoms with E-state index in [0.717, 1.165) is 36.1 Å². The molecule has 3 nitrogen and oxygen atoms in total. The van der Waals surface area contributed by atoms with Gasteiger partial charge in [-0.25, -0.2) is 4.79 Å². The first-order valence-corrected chi connectivity index (χ1v) is 11.5. The molecule has 3 heteroatoms. The van der Waals surface area contributed by atoms with E-state index >= 15 is 0 Å². The normalized spacial score (nSPS) is 18.0. The molecule has 1 fully saturated rings. The molecule has 0 aromatic heterocycles. The molecule has 0 heterocycles. The fourth-order valence-electron chi connectivity index (χ4n) is 4.78. The van der Waals surface area contributed by atoms with Gasteiger partial charge < -0.3 is 4.74 Å². The van der Waals surface area contributed by atoms with Gasteiger partial charge in [-0.1, -0.05) is 97.8 Å². The highest BCUT2D eigenvalue weighted by Gasteiger charge is 2.36. The Morgan fingerprint density at radius 3 is 2.31 bits per heavy atom. The number of benzene rings is 3. The number of allylic oxidation sites excluding steroid dienone is 1. The van der Waals surface area contributed by atoms with Gasteiger partial charge in [0.2, 0.25) is 0 Å². The molecule has 3 aromatic carbocycles. The Morgan fingerprint density at radius 2 is 1.56 bits per heavy atom. The van der Waals surface area contributed by atoms with E-state index in [1.54, 1.807) is 0 Å². The van der Waals surface area contributed by atoms with Crippen LogP contribution >= 0.6 is 0 Å². The quantitative estimate of drug-likeness (QED) is 0.372. The summed E-state index contributed by atoms with van der Waals surface area (Å²) in [6, 6.07) is 28.7. The molecule has 0 saturated heterocycles. The second-order valence-corrected chi connectivity index (χ2v) is 8.40. The summed E-state index contributed by atoms with van der Waals surface area (Å²) in [6.07, 6.45) is 6.64. The van der Waals surface area contributed by atoms with Gasteiger partial charge in [0.1, 0.15) is 6.61 Å². The van der Waals surface area contributed by atoms with Crippen LogP contribution in [0.1, 0.15) is 48.3 Å². The molecule has 0 unspecified atom stereocenters. The Kier molecular flexibility index (Phi) is 7.39. The van der Waals surface area contributed by atoms with Gasteiger partial charge in [0, 0.05) is 12.0 Å². The molecule has 4 rings (SSSR count). The van der Waals surface area contributed by atoms with Crippen molar-refractivity contribution in [1.82, 2.24) is 0 Å². The summed E-state index contributed by atoms with van der Waals surface area (Å²) in [5.74, 6) is 0.283. The van der Waals surface area contributed by atoms with Crippen LogP contribution in [0, 0.1) is 0 Å². The Hall–Kier alpha value is -3.33. The zero-order valence-corrected chi connectivity index (χ0v) is 18.5. The van der Waals surface area contributed by atoms with Crippen molar-refractivity contribution < 1.29 is 9.53 Å². The van der Waals surface area contributed by atoms with Crippen molar-refractivity contribution in [3.8, 4) is 0 Å². The highest BCUT2D eigenvalue weighted by molar-refractivity contribution is 5.89. The lowest BCUT2D eigenvalue weighted by Crippen LogP contribution is -2.46. The smallest absolute Gasteiger partial charge is 0.414 e. The van der Waals surface area contributed by atoms with Gasteiger partial charge in [0.05, 0.1) is 5.69 Å². The highest BCUT2D eigenvalue weighted by atomic mass is 16.6. The first kappa shape index (κ1) is 21.9. The van der Waals surface area contributed by atoms with Crippen LogP contribution in [0.15, 0.2) is 97.6 Å². The Bertz CT molecular complexity index is 1020. The maximum atomic E-state index is 13.6. The average Bonchev–Trinajstić information content (AvgIpc) is 2.86. The number of ether oxygens (including phenoxy) is 1. The topological polar surface area (TPSA) is 29.5 Å². The molecule has 0 N–H and O–H groups in total. The average molecular weight is 426 g/mol. The van der Waals surface area contributed by atoms with Crippen LogP contribution < -0.4 is 4.90 Å². The molecule has 0 bridgehead atoms. The zero-order chi connectivity index (χ0) is 22.2. The van der Waals surface area contributed by atoms with Gasteiger partial charge in [0.25, 0.3) is 0 Å². The van der Waals surface area contributed by atoms with Crippen LogP contribution in [0.2, 0.25) is 0 Å². The van der Waals surface area contributed by atoms with Crippen molar-refractivity contribution in [2.45, 2.75) is 50.7 Å². The van der Waals surface area contributed by atoms with E-state index in [0.29, 0.717) is 6.42 Å². The van der Waals surface area contributed by atoms with E-state index < -0.39 is 0 Å². The largest absolute Gasteiger partial charge is 0.444 e. The minimum absolute atomic E-state index is 0.0559. The Morgan fingerprint density at radius 1 is 0.906 bits per heavy atom. The first-order valence-electron chi connectivity index (χ1n) is 11.5. The fourth-order valence-corrected chi connectivity index (χ4v) is 4.78. The lowest BCUT2D eigenvalue weighted by atomic mass is 9.79. The van der Waals surface area contributed by atoms with Gasteiger partial charge in [-0.15, -0.1) is 6.58 Å². The van der Waals surface area contributed by atoms with Gasteiger partial charge in [-0.2, -0.15) is 0 Å². The predicted octanol–water partition coefficient (Wildman–Crippen LogP) is 7.28. The summed E-state index contributed by atoms with van der Waals surface area (Å²) in [5.41, 5.74) is 4.30. The summed E-state index contributed by atoms with van der Waals surface area (Å²) >= 11 is 0. The SMILES string of the molecule is C=CCc1ccccc1N(C(=O)OCc1ccccc1)[C@@H]1CCCC[C@H]1c1ccccc1. The third kappa shape index (κ3) is 5.11. The van der Waals surface area contributed by atoms with Crippen LogP contribution in [0.3, 0.4) is 0 Å². The van der Waals surface area contributed by atoms with Crippen LogP contribution in [-0.2, 0) is 17.8 Å². The van der Waals surface area contributed by atoms with Crippen molar-refractivity contribution in [2.24, 2.45) is 0 Å². The molecule has 164 valence electrons. The lowest BCUT2D eigenvalue weighted by Gasteiger charge is -2.40. The van der Waals surface area contributed by atoms with E-state index in [1.165, 1.54) is 12.0 Å². The number of amides is 1. The molecule has 32 heavy (non-hydrogen) atoms. The second-order valence-electron chi connectivity index (χ2n) is 8.40. The molecule has 0 spiro atoms. The van der Waals surface area contributed by atoms with E-state index in [1.807, 2.05) is 65.6 Å². The molecular weight excluding hydrogens is 394 g/mol. The second kappa shape index (κ2) is 10.8. The molecule has 3 aromatic rings. The molecule has 1 saturated carbocycles. The minimum atomic E-state index is -0.279. The minimum Gasteiger partial charge on any atom is -0.444 e. The standard InChI is InChI=1S/C29H31NO2/c1-2-13-25-18-9-11-20-27(25)30(29(31)32-22-23-14-5-3-6-15-23)28-21-12-10-19-26(28)24-16-7-4-8-17-24/h2-9,11,14-18,20,26,28H,1,10,12-13,19,21-22H2/t26-,28+/m0/s1. The van der Waals surface area contributed by atoms with Crippen molar-refractivity contribution in [3.05, 3.63) is 114 Å². The zero-order valence-electron chi connectivity index (χ0n) is 18.5. The maximum Gasteiger partial charge on any atom is 0.414 e. The molecule has 1 aliphatic carbocycles. The summed E-state index contributed by atoms with van der Waals surface area (Å²) in [4.78, 5) is 15.6. The first-order chi connectivity index (χ1) is 15.8. The van der Waals surface area contributed by atoms with Gasteiger partial charge in [-0.3, -0.25) is 4.90 Å². The van der Waals surface area contributed by atoms with Crippen LogP contribution in [0.5, 0.6) is 0 Å². The third-order valence-corrected chi connectivity index (χ3v) is 6.31. The van der Waals surface area contributed by atoms with Crippen LogP contribution in [0.4, 0.5) is 10.5 Å². The molecule has 2 atom stereocenters. The number of nitrogens with zero attached hydrogens (tertiary/aromatic N) is 1. The van der Waals surface area contributed by atoms with Gasteiger partial charge >= 0.3 is 6.09 Å². The highest BCUT2D eigenvalue weighted by Crippen LogP contribution is 2.39. The number of para-hydroxylation sites is 1. The number of carbonyl (C=O) groups excluding carboxylic acids is 1.